The van der Waals surface area contributed by atoms with Crippen molar-refractivity contribution >= 4 is 0 Å². The SMILES string of the molecule is Cn1ncc2c1CCC(F)C2NCC(C)(C)O. The summed E-state index contributed by atoms with van der Waals surface area (Å²) in [4.78, 5) is 0. The predicted octanol–water partition coefficient (Wildman–Crippen LogP) is 1.11. The highest BCUT2D eigenvalue weighted by molar-refractivity contribution is 5.26. The van der Waals surface area contributed by atoms with Crippen LogP contribution in [0.3, 0.4) is 0 Å². The van der Waals surface area contributed by atoms with E-state index < -0.39 is 11.8 Å². The van der Waals surface area contributed by atoms with E-state index in [2.05, 4.69) is 10.4 Å². The van der Waals surface area contributed by atoms with E-state index in [0.717, 1.165) is 17.7 Å². The molecule has 0 aliphatic heterocycles. The number of hydrogen-bond donors (Lipinski definition) is 2. The number of nitrogens with one attached hydrogen (secondary N) is 1. The zero-order valence-electron chi connectivity index (χ0n) is 10.6. The van der Waals surface area contributed by atoms with E-state index in [1.165, 1.54) is 0 Å². The first-order valence-electron chi connectivity index (χ1n) is 5.99. The summed E-state index contributed by atoms with van der Waals surface area (Å²) < 4.78 is 15.7. The Kier molecular flexibility index (Phi) is 3.23. The minimum absolute atomic E-state index is 0.348. The molecule has 0 radical (unpaired) electrons. The molecule has 0 aromatic carbocycles. The maximum absolute atomic E-state index is 13.9. The summed E-state index contributed by atoms with van der Waals surface area (Å²) in [6, 6.07) is -0.348. The predicted molar refractivity (Wildman–Crippen MR) is 63.5 cm³/mol. The molecule has 2 rings (SSSR count). The molecule has 0 saturated heterocycles. The van der Waals surface area contributed by atoms with Crippen LogP contribution in [0.15, 0.2) is 6.20 Å². The first kappa shape index (κ1) is 12.5. The number of rotatable bonds is 3. The van der Waals surface area contributed by atoms with Crippen molar-refractivity contribution in [3.63, 3.8) is 0 Å². The topological polar surface area (TPSA) is 50.1 Å². The van der Waals surface area contributed by atoms with Gasteiger partial charge in [0.05, 0.1) is 17.8 Å². The Bertz CT molecular complexity index is 397. The Balaban J connectivity index is 2.16. The molecule has 2 unspecified atom stereocenters. The van der Waals surface area contributed by atoms with Gasteiger partial charge in [-0.2, -0.15) is 5.10 Å². The highest BCUT2D eigenvalue weighted by Crippen LogP contribution is 2.31. The summed E-state index contributed by atoms with van der Waals surface area (Å²) in [5.41, 5.74) is 1.18. The van der Waals surface area contributed by atoms with E-state index in [-0.39, 0.29) is 6.04 Å². The molecule has 17 heavy (non-hydrogen) atoms. The van der Waals surface area contributed by atoms with E-state index in [1.807, 2.05) is 7.05 Å². The van der Waals surface area contributed by atoms with Crippen LogP contribution >= 0.6 is 0 Å². The van der Waals surface area contributed by atoms with Gasteiger partial charge in [-0.3, -0.25) is 4.68 Å². The molecule has 0 spiro atoms. The minimum atomic E-state index is -0.908. The lowest BCUT2D eigenvalue weighted by Crippen LogP contribution is -2.41. The first-order chi connectivity index (χ1) is 7.88. The number of halogens is 1. The van der Waals surface area contributed by atoms with Gasteiger partial charge in [0.2, 0.25) is 0 Å². The zero-order valence-corrected chi connectivity index (χ0v) is 10.6. The molecule has 5 heteroatoms. The van der Waals surface area contributed by atoms with Crippen molar-refractivity contribution < 1.29 is 9.50 Å². The van der Waals surface area contributed by atoms with E-state index in [0.29, 0.717) is 13.0 Å². The monoisotopic (exact) mass is 241 g/mol. The Labute approximate surface area is 101 Å². The Morgan fingerprint density at radius 1 is 1.65 bits per heavy atom. The van der Waals surface area contributed by atoms with Crippen LogP contribution in [0.25, 0.3) is 0 Å². The van der Waals surface area contributed by atoms with Crippen molar-refractivity contribution in [3.8, 4) is 0 Å². The summed E-state index contributed by atoms with van der Waals surface area (Å²) in [6.45, 7) is 3.78. The molecule has 2 N–H and O–H groups in total. The van der Waals surface area contributed by atoms with Crippen LogP contribution in [0.5, 0.6) is 0 Å². The van der Waals surface area contributed by atoms with Crippen LogP contribution in [-0.4, -0.2) is 33.2 Å². The maximum Gasteiger partial charge on any atom is 0.120 e. The third-order valence-corrected chi connectivity index (χ3v) is 3.20. The van der Waals surface area contributed by atoms with Crippen LogP contribution in [0.2, 0.25) is 0 Å². The Morgan fingerprint density at radius 2 is 2.35 bits per heavy atom. The van der Waals surface area contributed by atoms with Gasteiger partial charge in [0.15, 0.2) is 0 Å². The number of aromatic nitrogens is 2. The van der Waals surface area contributed by atoms with Gasteiger partial charge in [-0.25, -0.2) is 4.39 Å². The summed E-state index contributed by atoms with van der Waals surface area (Å²) in [5, 5.41) is 17.0. The van der Waals surface area contributed by atoms with E-state index >= 15 is 0 Å². The lowest BCUT2D eigenvalue weighted by Gasteiger charge is -2.30. The largest absolute Gasteiger partial charge is 0.389 e. The molecule has 1 aromatic rings. The summed E-state index contributed by atoms with van der Waals surface area (Å²) in [5.74, 6) is 0. The number of nitrogens with zero attached hydrogens (tertiary/aromatic N) is 2. The summed E-state index contributed by atoms with van der Waals surface area (Å²) in [6.07, 6.45) is 2.06. The summed E-state index contributed by atoms with van der Waals surface area (Å²) in [7, 11) is 1.88. The number of hydrogen-bond acceptors (Lipinski definition) is 3. The van der Waals surface area contributed by atoms with Crippen LogP contribution in [0, 0.1) is 0 Å². The van der Waals surface area contributed by atoms with E-state index in [9.17, 15) is 9.50 Å². The molecule has 2 atom stereocenters. The Morgan fingerprint density at radius 3 is 3.00 bits per heavy atom. The number of aliphatic hydroxyl groups is 1. The lowest BCUT2D eigenvalue weighted by atomic mass is 9.91. The van der Waals surface area contributed by atoms with Crippen molar-refractivity contribution in [1.82, 2.24) is 15.1 Å². The third kappa shape index (κ3) is 2.66. The highest BCUT2D eigenvalue weighted by atomic mass is 19.1. The molecule has 1 heterocycles. The van der Waals surface area contributed by atoms with Gasteiger partial charge >= 0.3 is 0 Å². The smallest absolute Gasteiger partial charge is 0.120 e. The molecule has 1 aliphatic rings. The fourth-order valence-electron chi connectivity index (χ4n) is 2.28. The lowest BCUT2D eigenvalue weighted by molar-refractivity contribution is 0.0699. The molecule has 0 fully saturated rings. The molecule has 1 aliphatic carbocycles. The average molecular weight is 241 g/mol. The quantitative estimate of drug-likeness (QED) is 0.833. The molecule has 4 nitrogen and oxygen atoms in total. The molecule has 0 saturated carbocycles. The van der Waals surface area contributed by atoms with Crippen LogP contribution < -0.4 is 5.32 Å². The van der Waals surface area contributed by atoms with E-state index in [4.69, 9.17) is 0 Å². The van der Waals surface area contributed by atoms with E-state index in [1.54, 1.807) is 24.7 Å². The third-order valence-electron chi connectivity index (χ3n) is 3.20. The number of fused-ring (bicyclic) bond motifs is 1. The molecule has 1 aromatic heterocycles. The van der Waals surface area contributed by atoms with Gasteiger partial charge in [-0.05, 0) is 26.7 Å². The van der Waals surface area contributed by atoms with Crippen molar-refractivity contribution in [2.45, 2.75) is 44.5 Å². The van der Waals surface area contributed by atoms with Crippen LogP contribution in [0.1, 0.15) is 37.6 Å². The van der Waals surface area contributed by atoms with Gasteiger partial charge in [0.1, 0.15) is 6.17 Å². The molecule has 0 bridgehead atoms. The fourth-order valence-corrected chi connectivity index (χ4v) is 2.28. The minimum Gasteiger partial charge on any atom is -0.389 e. The fraction of sp³-hybridized carbons (Fsp3) is 0.750. The second-order valence-corrected chi connectivity index (χ2v) is 5.40. The zero-order chi connectivity index (χ0) is 12.6. The second-order valence-electron chi connectivity index (χ2n) is 5.40. The van der Waals surface area contributed by atoms with Gasteiger partial charge in [-0.1, -0.05) is 0 Å². The van der Waals surface area contributed by atoms with Crippen molar-refractivity contribution in [1.29, 1.82) is 0 Å². The normalized spacial score (nSPS) is 24.8. The molecule has 96 valence electrons. The molecular formula is C12H20FN3O. The van der Waals surface area contributed by atoms with Gasteiger partial charge in [0.25, 0.3) is 0 Å². The second kappa shape index (κ2) is 4.38. The van der Waals surface area contributed by atoms with Crippen molar-refractivity contribution in [2.24, 2.45) is 7.05 Å². The van der Waals surface area contributed by atoms with Crippen LogP contribution in [0.4, 0.5) is 4.39 Å². The van der Waals surface area contributed by atoms with Crippen LogP contribution in [-0.2, 0) is 13.5 Å². The Hall–Kier alpha value is -0.940. The van der Waals surface area contributed by atoms with Crippen molar-refractivity contribution in [2.75, 3.05) is 6.54 Å². The number of alkyl halides is 1. The highest BCUT2D eigenvalue weighted by Gasteiger charge is 2.32. The van der Waals surface area contributed by atoms with Gasteiger partial charge in [0, 0.05) is 24.8 Å². The van der Waals surface area contributed by atoms with Gasteiger partial charge in [-0.15, -0.1) is 0 Å². The maximum atomic E-state index is 13.9. The average Bonchev–Trinajstić information content (AvgIpc) is 2.57. The first-order valence-corrected chi connectivity index (χ1v) is 5.99. The standard InChI is InChI=1S/C12H20FN3O/c1-12(2,17)7-14-11-8-6-15-16(3)10(8)5-4-9(11)13/h6,9,11,14,17H,4-5,7H2,1-3H3. The van der Waals surface area contributed by atoms with Gasteiger partial charge < -0.3 is 10.4 Å². The molecular weight excluding hydrogens is 221 g/mol. The molecule has 0 amide bonds. The van der Waals surface area contributed by atoms with Crippen molar-refractivity contribution in [3.05, 3.63) is 17.5 Å². The number of aryl methyl sites for hydroxylation is 1. The summed E-state index contributed by atoms with van der Waals surface area (Å²) >= 11 is 0.